The largest absolute Gasteiger partial charge is 0.477 e. The Hall–Kier alpha value is -2.20. The number of likely N-dealkylation sites (tertiary alicyclic amines) is 1. The molecule has 1 aliphatic heterocycles. The number of nitro groups is 1. The predicted molar refractivity (Wildman–Crippen MR) is 104 cm³/mol. The van der Waals surface area contributed by atoms with Gasteiger partial charge < -0.3 is 9.64 Å². The van der Waals surface area contributed by atoms with Gasteiger partial charge in [-0.05, 0) is 38.3 Å². The molecule has 0 spiro atoms. The quantitative estimate of drug-likeness (QED) is 0.478. The maximum Gasteiger partial charge on any atom is 0.312 e. The van der Waals surface area contributed by atoms with E-state index in [1.807, 2.05) is 6.92 Å². The zero-order valence-corrected chi connectivity index (χ0v) is 17.3. The molecule has 0 aromatic heterocycles. The number of rotatable bonds is 8. The van der Waals surface area contributed by atoms with Gasteiger partial charge in [-0.2, -0.15) is 4.31 Å². The third-order valence-electron chi connectivity index (χ3n) is 4.94. The van der Waals surface area contributed by atoms with Crippen LogP contribution in [0.4, 0.5) is 5.69 Å². The van der Waals surface area contributed by atoms with Crippen LogP contribution in [0.1, 0.15) is 40.0 Å². The molecular weight excluding hydrogens is 386 g/mol. The summed E-state index contributed by atoms with van der Waals surface area (Å²) >= 11 is 0. The molecule has 1 aliphatic rings. The van der Waals surface area contributed by atoms with E-state index in [0.29, 0.717) is 6.54 Å². The van der Waals surface area contributed by atoms with Crippen molar-refractivity contribution >= 4 is 21.6 Å². The molecule has 1 atom stereocenters. The van der Waals surface area contributed by atoms with Gasteiger partial charge in [-0.25, -0.2) is 8.42 Å². The lowest BCUT2D eigenvalue weighted by Crippen LogP contribution is -2.44. The summed E-state index contributed by atoms with van der Waals surface area (Å²) in [6, 6.07) is 3.60. The summed E-state index contributed by atoms with van der Waals surface area (Å²) in [5, 5.41) is 11.4. The van der Waals surface area contributed by atoms with E-state index in [1.165, 1.54) is 16.4 Å². The molecule has 9 nitrogen and oxygen atoms in total. The van der Waals surface area contributed by atoms with Crippen molar-refractivity contribution in [3.05, 3.63) is 28.3 Å². The van der Waals surface area contributed by atoms with Gasteiger partial charge in [0.05, 0.1) is 9.82 Å². The number of sulfonamides is 1. The van der Waals surface area contributed by atoms with Gasteiger partial charge in [-0.3, -0.25) is 14.9 Å². The molecule has 1 amide bonds. The highest BCUT2D eigenvalue weighted by molar-refractivity contribution is 7.89. The number of nitrogens with zero attached hydrogens (tertiary/aromatic N) is 3. The second-order valence-corrected chi connectivity index (χ2v) is 8.63. The summed E-state index contributed by atoms with van der Waals surface area (Å²) < 4.78 is 31.8. The molecule has 1 fully saturated rings. The highest BCUT2D eigenvalue weighted by atomic mass is 32.2. The molecule has 0 unspecified atom stereocenters. The van der Waals surface area contributed by atoms with Crippen LogP contribution in [0.3, 0.4) is 0 Å². The van der Waals surface area contributed by atoms with E-state index in [4.69, 9.17) is 4.74 Å². The molecule has 0 N–H and O–H groups in total. The maximum absolute atomic E-state index is 12.6. The van der Waals surface area contributed by atoms with E-state index >= 15 is 0 Å². The lowest BCUT2D eigenvalue weighted by atomic mass is 10.0. The molecule has 0 saturated carbocycles. The van der Waals surface area contributed by atoms with Crippen LogP contribution in [0, 0.1) is 10.1 Å². The monoisotopic (exact) mass is 413 g/mol. The second-order valence-electron chi connectivity index (χ2n) is 6.70. The molecule has 0 aliphatic carbocycles. The van der Waals surface area contributed by atoms with Crippen molar-refractivity contribution in [3.8, 4) is 5.75 Å². The smallest absolute Gasteiger partial charge is 0.312 e. The number of hydrogen-bond acceptors (Lipinski definition) is 6. The van der Waals surface area contributed by atoms with Crippen molar-refractivity contribution < 1.29 is 22.9 Å². The predicted octanol–water partition coefficient (Wildman–Crippen LogP) is 2.41. The first-order valence-electron chi connectivity index (χ1n) is 9.43. The first-order chi connectivity index (χ1) is 13.2. The molecule has 28 heavy (non-hydrogen) atoms. The second kappa shape index (κ2) is 9.33. The summed E-state index contributed by atoms with van der Waals surface area (Å²) in [4.78, 5) is 24.7. The Morgan fingerprint density at radius 1 is 1.32 bits per heavy atom. The number of amides is 1. The Bertz CT molecular complexity index is 823. The normalized spacial score (nSPS) is 17.6. The minimum Gasteiger partial charge on any atom is -0.477 e. The third-order valence-corrected chi connectivity index (χ3v) is 6.99. The first-order valence-corrected chi connectivity index (χ1v) is 10.9. The van der Waals surface area contributed by atoms with Crippen molar-refractivity contribution in [1.29, 1.82) is 0 Å². The topological polar surface area (TPSA) is 110 Å². The summed E-state index contributed by atoms with van der Waals surface area (Å²) in [7, 11) is -3.83. The molecule has 0 radical (unpaired) electrons. The van der Waals surface area contributed by atoms with Gasteiger partial charge in [0.15, 0.2) is 12.4 Å². The summed E-state index contributed by atoms with van der Waals surface area (Å²) in [5.74, 6) is -0.358. The zero-order valence-electron chi connectivity index (χ0n) is 16.5. The molecule has 1 heterocycles. The molecule has 1 aromatic carbocycles. The number of benzene rings is 1. The molecular formula is C18H27N3O6S. The van der Waals surface area contributed by atoms with Crippen molar-refractivity contribution in [2.45, 2.75) is 51.0 Å². The van der Waals surface area contributed by atoms with Crippen molar-refractivity contribution in [1.82, 2.24) is 9.21 Å². The van der Waals surface area contributed by atoms with Crippen molar-refractivity contribution in [3.63, 3.8) is 0 Å². The molecule has 10 heteroatoms. The average Bonchev–Trinajstić information content (AvgIpc) is 2.67. The molecule has 0 bridgehead atoms. The maximum atomic E-state index is 12.6. The van der Waals surface area contributed by atoms with Gasteiger partial charge in [-0.1, -0.05) is 13.8 Å². The van der Waals surface area contributed by atoms with Crippen LogP contribution >= 0.6 is 0 Å². The highest BCUT2D eigenvalue weighted by Crippen LogP contribution is 2.31. The van der Waals surface area contributed by atoms with Crippen molar-refractivity contribution in [2.75, 3.05) is 26.2 Å². The zero-order chi connectivity index (χ0) is 20.9. The van der Waals surface area contributed by atoms with Gasteiger partial charge in [0.25, 0.3) is 5.91 Å². The van der Waals surface area contributed by atoms with Crippen LogP contribution in [0.5, 0.6) is 5.75 Å². The molecule has 1 saturated heterocycles. The highest BCUT2D eigenvalue weighted by Gasteiger charge is 2.28. The van der Waals surface area contributed by atoms with Crippen molar-refractivity contribution in [2.24, 2.45) is 0 Å². The third kappa shape index (κ3) is 4.79. The SMILES string of the molecule is CCN(CC)S(=O)(=O)c1ccc(OCC(=O)N2CCCC[C@H]2C)c([N+](=O)[O-])c1. The summed E-state index contributed by atoms with van der Waals surface area (Å²) in [5.41, 5.74) is -0.479. The van der Waals surface area contributed by atoms with Crippen LogP contribution in [0.15, 0.2) is 23.1 Å². The minimum absolute atomic E-state index is 0.112. The number of carbonyl (C=O) groups excluding carboxylic acids is 1. The van der Waals surface area contributed by atoms with Crippen LogP contribution < -0.4 is 4.74 Å². The van der Waals surface area contributed by atoms with E-state index in [0.717, 1.165) is 25.3 Å². The van der Waals surface area contributed by atoms with Crippen LogP contribution in [0.2, 0.25) is 0 Å². The van der Waals surface area contributed by atoms with Crippen LogP contribution in [0.25, 0.3) is 0 Å². The molecule has 2 rings (SSSR count). The Morgan fingerprint density at radius 2 is 2.00 bits per heavy atom. The van der Waals surface area contributed by atoms with Crippen LogP contribution in [-0.4, -0.2) is 60.7 Å². The van der Waals surface area contributed by atoms with Gasteiger partial charge in [0.2, 0.25) is 10.0 Å². The van der Waals surface area contributed by atoms with E-state index in [-0.39, 0.29) is 42.3 Å². The number of carbonyl (C=O) groups is 1. The molecule has 1 aromatic rings. The minimum atomic E-state index is -3.83. The number of nitro benzene ring substituents is 1. The number of ether oxygens (including phenoxy) is 1. The van der Waals surface area contributed by atoms with Crippen LogP contribution in [-0.2, 0) is 14.8 Å². The van der Waals surface area contributed by atoms with E-state index in [9.17, 15) is 23.3 Å². The van der Waals surface area contributed by atoms with Gasteiger partial charge in [0.1, 0.15) is 0 Å². The fourth-order valence-electron chi connectivity index (χ4n) is 3.33. The lowest BCUT2D eigenvalue weighted by molar-refractivity contribution is -0.386. The Kier molecular flexibility index (Phi) is 7.36. The standard InChI is InChI=1S/C18H27N3O6S/c1-4-19(5-2)28(25,26)15-9-10-17(16(12-15)21(23)24)27-13-18(22)20-11-7-6-8-14(20)3/h9-10,12,14H,4-8,11,13H2,1-3H3/t14-/m1/s1. The van der Waals surface area contributed by atoms with Gasteiger partial charge in [-0.15, -0.1) is 0 Å². The summed E-state index contributed by atoms with van der Waals surface area (Å²) in [6.45, 7) is 6.19. The van der Waals surface area contributed by atoms with Gasteiger partial charge in [0, 0.05) is 31.7 Å². The lowest BCUT2D eigenvalue weighted by Gasteiger charge is -2.33. The van der Waals surface area contributed by atoms with E-state index in [2.05, 4.69) is 0 Å². The number of piperidine rings is 1. The van der Waals surface area contributed by atoms with E-state index in [1.54, 1.807) is 18.7 Å². The fourth-order valence-corrected chi connectivity index (χ4v) is 4.80. The van der Waals surface area contributed by atoms with E-state index < -0.39 is 20.6 Å². The Labute approximate surface area is 165 Å². The summed E-state index contributed by atoms with van der Waals surface area (Å²) in [6.07, 6.45) is 2.91. The fraction of sp³-hybridized carbons (Fsp3) is 0.611. The van der Waals surface area contributed by atoms with Gasteiger partial charge >= 0.3 is 5.69 Å². The number of hydrogen-bond donors (Lipinski definition) is 0. The molecule has 156 valence electrons. The Morgan fingerprint density at radius 3 is 2.57 bits per heavy atom. The Balaban J connectivity index is 2.21. The average molecular weight is 413 g/mol. The first kappa shape index (κ1) is 22.1.